The lowest BCUT2D eigenvalue weighted by Crippen LogP contribution is -2.41. The molecule has 2 aromatic carbocycles. The second-order valence-electron chi connectivity index (χ2n) is 5.43. The Kier molecular flexibility index (Phi) is 7.13. The van der Waals surface area contributed by atoms with Crippen molar-refractivity contribution >= 4 is 23.9 Å². The van der Waals surface area contributed by atoms with Gasteiger partial charge in [0.2, 0.25) is 0 Å². The number of carboxylic acids is 1. The molecule has 0 saturated carbocycles. The van der Waals surface area contributed by atoms with E-state index in [1.54, 1.807) is 54.6 Å². The van der Waals surface area contributed by atoms with Crippen LogP contribution in [0.4, 0.5) is 0 Å². The summed E-state index contributed by atoms with van der Waals surface area (Å²) in [6.45, 7) is 1.73. The van der Waals surface area contributed by atoms with Crippen LogP contribution in [-0.4, -0.2) is 30.9 Å². The first-order valence-corrected chi connectivity index (χ1v) is 8.28. The molecule has 2 rings (SSSR count). The number of hydrogen-bond acceptors (Lipinski definition) is 5. The van der Waals surface area contributed by atoms with Crippen molar-refractivity contribution in [2.45, 2.75) is 6.92 Å². The van der Waals surface area contributed by atoms with Gasteiger partial charge in [0.1, 0.15) is 11.4 Å². The van der Waals surface area contributed by atoms with Crippen molar-refractivity contribution in [3.63, 3.8) is 0 Å². The van der Waals surface area contributed by atoms with Crippen LogP contribution in [0.25, 0.3) is 6.08 Å². The molecule has 7 nitrogen and oxygen atoms in total. The van der Waals surface area contributed by atoms with Gasteiger partial charge in [-0.15, -0.1) is 0 Å². The average Bonchev–Trinajstić information content (AvgIpc) is 2.67. The molecule has 27 heavy (non-hydrogen) atoms. The number of amides is 2. The summed E-state index contributed by atoms with van der Waals surface area (Å²) in [6.07, 6.45) is 1.45. The summed E-state index contributed by atoms with van der Waals surface area (Å²) in [4.78, 5) is 35.2. The predicted molar refractivity (Wildman–Crippen MR) is 97.5 cm³/mol. The lowest BCUT2D eigenvalue weighted by Gasteiger charge is -2.12. The van der Waals surface area contributed by atoms with Crippen LogP contribution in [0.2, 0.25) is 0 Å². The van der Waals surface area contributed by atoms with E-state index >= 15 is 0 Å². The molecule has 0 saturated heterocycles. The molecule has 0 bridgehead atoms. The van der Waals surface area contributed by atoms with E-state index in [9.17, 15) is 19.5 Å². The molecule has 0 radical (unpaired) electrons. The number of carbonyl (C=O) groups is 3. The van der Waals surface area contributed by atoms with Crippen molar-refractivity contribution in [1.29, 1.82) is 0 Å². The van der Waals surface area contributed by atoms with Gasteiger partial charge in [-0.05, 0) is 42.8 Å². The molecular weight excluding hydrogens is 348 g/mol. The number of aliphatic carboxylic acids is 1. The van der Waals surface area contributed by atoms with Crippen LogP contribution >= 0.6 is 0 Å². The van der Waals surface area contributed by atoms with E-state index in [1.165, 1.54) is 6.08 Å². The summed E-state index contributed by atoms with van der Waals surface area (Å²) in [6, 6.07) is 15.2. The Morgan fingerprint density at radius 1 is 1.04 bits per heavy atom. The Morgan fingerprint density at radius 3 is 2.30 bits per heavy atom. The Morgan fingerprint density at radius 2 is 1.70 bits per heavy atom. The summed E-state index contributed by atoms with van der Waals surface area (Å²) < 4.78 is 5.36. The number of nitrogens with one attached hydrogen (secondary N) is 2. The van der Waals surface area contributed by atoms with Crippen LogP contribution < -0.4 is 20.5 Å². The number of benzene rings is 2. The molecule has 0 fully saturated rings. The maximum Gasteiger partial charge on any atom is 0.268 e. The Labute approximate surface area is 156 Å². The van der Waals surface area contributed by atoms with Crippen molar-refractivity contribution in [3.05, 3.63) is 71.4 Å². The molecule has 140 valence electrons. The van der Waals surface area contributed by atoms with Gasteiger partial charge in [0.05, 0.1) is 19.1 Å². The summed E-state index contributed by atoms with van der Waals surface area (Å²) in [7, 11) is 0. The van der Waals surface area contributed by atoms with Crippen LogP contribution in [0, 0.1) is 0 Å². The van der Waals surface area contributed by atoms with E-state index in [2.05, 4.69) is 10.6 Å². The van der Waals surface area contributed by atoms with Gasteiger partial charge in [-0.2, -0.15) is 0 Å². The van der Waals surface area contributed by atoms with Crippen LogP contribution in [-0.2, 0) is 9.59 Å². The first-order valence-electron chi connectivity index (χ1n) is 8.28. The second-order valence-corrected chi connectivity index (χ2v) is 5.43. The predicted octanol–water partition coefficient (Wildman–Crippen LogP) is 0.722. The van der Waals surface area contributed by atoms with Gasteiger partial charge < -0.3 is 25.3 Å². The topological polar surface area (TPSA) is 108 Å². The van der Waals surface area contributed by atoms with Crippen molar-refractivity contribution < 1.29 is 24.2 Å². The molecule has 0 heterocycles. The molecular formula is C20H19N2O5-. The van der Waals surface area contributed by atoms with E-state index in [0.29, 0.717) is 23.5 Å². The maximum absolute atomic E-state index is 12.3. The summed E-state index contributed by atoms with van der Waals surface area (Å²) in [5.41, 5.74) is 0.905. The normalized spacial score (nSPS) is 10.8. The highest BCUT2D eigenvalue weighted by atomic mass is 16.5. The molecule has 2 aromatic rings. The van der Waals surface area contributed by atoms with Gasteiger partial charge in [0.15, 0.2) is 0 Å². The number of hydrogen-bond donors (Lipinski definition) is 2. The smallest absolute Gasteiger partial charge is 0.268 e. The highest BCUT2D eigenvalue weighted by Crippen LogP contribution is 2.14. The number of carbonyl (C=O) groups excluding carboxylic acids is 3. The molecule has 2 amide bonds. The third-order valence-corrected chi connectivity index (χ3v) is 3.42. The lowest BCUT2D eigenvalue weighted by molar-refractivity contribution is -0.303. The number of carboxylic acid groups (broad SMARTS) is 1. The molecule has 7 heteroatoms. The Bertz CT molecular complexity index is 829. The lowest BCUT2D eigenvalue weighted by atomic mass is 10.1. The Hall–Kier alpha value is -3.61. The average molecular weight is 367 g/mol. The van der Waals surface area contributed by atoms with Crippen LogP contribution in [0.1, 0.15) is 22.8 Å². The van der Waals surface area contributed by atoms with E-state index in [1.807, 2.05) is 6.92 Å². The van der Waals surface area contributed by atoms with Gasteiger partial charge in [-0.25, -0.2) is 0 Å². The first-order chi connectivity index (χ1) is 13.0. The highest BCUT2D eigenvalue weighted by Gasteiger charge is 2.14. The largest absolute Gasteiger partial charge is 0.548 e. The maximum atomic E-state index is 12.3. The summed E-state index contributed by atoms with van der Waals surface area (Å²) >= 11 is 0. The molecule has 0 aliphatic rings. The van der Waals surface area contributed by atoms with Crippen LogP contribution in [0.5, 0.6) is 5.75 Å². The van der Waals surface area contributed by atoms with E-state index in [0.717, 1.165) is 0 Å². The van der Waals surface area contributed by atoms with E-state index in [-0.39, 0.29) is 5.70 Å². The molecule has 0 aliphatic carbocycles. The van der Waals surface area contributed by atoms with E-state index in [4.69, 9.17) is 4.74 Å². The fourth-order valence-corrected chi connectivity index (χ4v) is 2.18. The molecule has 2 N–H and O–H groups in total. The third kappa shape index (κ3) is 6.32. The number of ether oxygens (including phenoxy) is 1. The molecule has 0 aliphatic heterocycles. The molecule has 0 unspecified atom stereocenters. The van der Waals surface area contributed by atoms with Crippen molar-refractivity contribution in [3.8, 4) is 5.75 Å². The zero-order valence-corrected chi connectivity index (χ0v) is 14.7. The summed E-state index contributed by atoms with van der Waals surface area (Å²) in [5, 5.41) is 15.3. The quantitative estimate of drug-likeness (QED) is 0.669. The fourth-order valence-electron chi connectivity index (χ4n) is 2.18. The zero-order chi connectivity index (χ0) is 19.6. The van der Waals surface area contributed by atoms with Gasteiger partial charge in [0.25, 0.3) is 11.8 Å². The Balaban J connectivity index is 2.23. The monoisotopic (exact) mass is 367 g/mol. The van der Waals surface area contributed by atoms with E-state index < -0.39 is 24.3 Å². The van der Waals surface area contributed by atoms with Crippen molar-refractivity contribution in [2.75, 3.05) is 13.2 Å². The zero-order valence-electron chi connectivity index (χ0n) is 14.7. The van der Waals surface area contributed by atoms with Crippen molar-refractivity contribution in [2.24, 2.45) is 0 Å². The van der Waals surface area contributed by atoms with Gasteiger partial charge in [0, 0.05) is 5.56 Å². The first kappa shape index (κ1) is 19.7. The molecule has 0 aromatic heterocycles. The second kappa shape index (κ2) is 9.76. The van der Waals surface area contributed by atoms with Gasteiger partial charge in [-0.1, -0.05) is 30.3 Å². The van der Waals surface area contributed by atoms with Gasteiger partial charge in [-0.3, -0.25) is 9.59 Å². The minimum atomic E-state index is -1.43. The van der Waals surface area contributed by atoms with Crippen molar-refractivity contribution in [1.82, 2.24) is 10.6 Å². The van der Waals surface area contributed by atoms with Crippen LogP contribution in [0.15, 0.2) is 60.3 Å². The number of rotatable bonds is 8. The highest BCUT2D eigenvalue weighted by molar-refractivity contribution is 6.05. The third-order valence-electron chi connectivity index (χ3n) is 3.42. The molecule has 0 atom stereocenters. The summed E-state index contributed by atoms with van der Waals surface area (Å²) in [5.74, 6) is -1.99. The standard InChI is InChI=1S/C20H20N2O5/c1-2-27-16-10-8-14(9-11-16)12-17(20(26)21-13-18(23)24)22-19(25)15-6-4-3-5-7-15/h3-12H,2,13H2,1H3,(H,21,26)(H,22,25)(H,23,24)/p-1/b17-12-. The SMILES string of the molecule is CCOc1ccc(/C=C(\NC(=O)c2ccccc2)C(=O)NCC(=O)[O-])cc1. The fraction of sp³-hybridized carbons (Fsp3) is 0.150. The minimum absolute atomic E-state index is 0.0886. The van der Waals surface area contributed by atoms with Gasteiger partial charge >= 0.3 is 0 Å². The molecule has 0 spiro atoms. The van der Waals surface area contributed by atoms with Crippen LogP contribution in [0.3, 0.4) is 0 Å². The minimum Gasteiger partial charge on any atom is -0.548 e.